The highest BCUT2D eigenvalue weighted by atomic mass is 16.2. The first-order valence-electron chi connectivity index (χ1n) is 9.11. The van der Waals surface area contributed by atoms with E-state index >= 15 is 0 Å². The molecule has 0 radical (unpaired) electrons. The second-order valence-electron chi connectivity index (χ2n) is 6.83. The van der Waals surface area contributed by atoms with Crippen LogP contribution in [0.25, 0.3) is 0 Å². The van der Waals surface area contributed by atoms with Gasteiger partial charge in [0, 0.05) is 24.5 Å². The van der Waals surface area contributed by atoms with Gasteiger partial charge in [0.15, 0.2) is 0 Å². The summed E-state index contributed by atoms with van der Waals surface area (Å²) in [5.74, 6) is -0.183. The summed E-state index contributed by atoms with van der Waals surface area (Å²) in [6.07, 6.45) is 5.07. The molecule has 1 fully saturated rings. The van der Waals surface area contributed by atoms with Crippen molar-refractivity contribution in [3.8, 4) is 0 Å². The monoisotopic (exact) mass is 337 g/mol. The van der Waals surface area contributed by atoms with Crippen molar-refractivity contribution in [3.05, 3.63) is 59.7 Å². The summed E-state index contributed by atoms with van der Waals surface area (Å²) in [6.45, 7) is 4.18. The van der Waals surface area contributed by atoms with Gasteiger partial charge in [0.2, 0.25) is 5.91 Å². The van der Waals surface area contributed by atoms with E-state index in [0.29, 0.717) is 0 Å². The van der Waals surface area contributed by atoms with Crippen molar-refractivity contribution in [1.82, 2.24) is 0 Å². The molecule has 0 aromatic heterocycles. The molecule has 1 aliphatic heterocycles. The number of nitrogens with one attached hydrogen (secondary N) is 1. The molecule has 0 aliphatic carbocycles. The lowest BCUT2D eigenvalue weighted by Gasteiger charge is -2.23. The van der Waals surface area contributed by atoms with Gasteiger partial charge in [-0.05, 0) is 43.5 Å². The van der Waals surface area contributed by atoms with Crippen molar-refractivity contribution in [1.29, 1.82) is 0 Å². The van der Waals surface area contributed by atoms with E-state index in [1.807, 2.05) is 49.4 Å². The third-order valence-electron chi connectivity index (χ3n) is 4.80. The van der Waals surface area contributed by atoms with Gasteiger partial charge in [-0.25, -0.2) is 0 Å². The molecule has 1 unspecified atom stereocenters. The third-order valence-corrected chi connectivity index (χ3v) is 4.80. The Labute approximate surface area is 150 Å². The van der Waals surface area contributed by atoms with E-state index in [-0.39, 0.29) is 5.91 Å². The van der Waals surface area contributed by atoms with Crippen molar-refractivity contribution in [3.63, 3.8) is 0 Å². The minimum atomic E-state index is -0.664. The summed E-state index contributed by atoms with van der Waals surface area (Å²) < 4.78 is 0. The predicted octanol–water partition coefficient (Wildman–Crippen LogP) is 4.01. The average Bonchev–Trinajstić information content (AvgIpc) is 2.91. The average molecular weight is 337 g/mol. The number of rotatable bonds is 4. The summed E-state index contributed by atoms with van der Waals surface area (Å²) >= 11 is 0. The zero-order chi connectivity index (χ0) is 17.6. The Hall–Kier alpha value is -2.33. The zero-order valence-corrected chi connectivity index (χ0v) is 14.9. The Morgan fingerprint density at radius 1 is 1.04 bits per heavy atom. The lowest BCUT2D eigenvalue weighted by molar-refractivity contribution is -0.117. The molecular formula is C21H27N3O. The van der Waals surface area contributed by atoms with Gasteiger partial charge in [-0.15, -0.1) is 0 Å². The van der Waals surface area contributed by atoms with Crippen LogP contribution in [0.3, 0.4) is 0 Å². The molecule has 1 atom stereocenters. The molecule has 0 saturated carbocycles. The first-order chi connectivity index (χ1) is 12.1. The van der Waals surface area contributed by atoms with Crippen molar-refractivity contribution in [2.24, 2.45) is 5.73 Å². The van der Waals surface area contributed by atoms with Crippen LogP contribution in [0.15, 0.2) is 48.5 Å². The van der Waals surface area contributed by atoms with Crippen LogP contribution in [0.4, 0.5) is 11.4 Å². The van der Waals surface area contributed by atoms with Crippen LogP contribution in [-0.4, -0.2) is 19.0 Å². The Balaban J connectivity index is 1.68. The summed E-state index contributed by atoms with van der Waals surface area (Å²) in [4.78, 5) is 14.9. The van der Waals surface area contributed by atoms with Crippen LogP contribution >= 0.6 is 0 Å². The SMILES string of the molecule is Cc1ccc(C(N)C(=O)Nc2cccc(N3CCCCCC3)c2)cc1. The van der Waals surface area contributed by atoms with E-state index in [0.717, 1.165) is 29.9 Å². The lowest BCUT2D eigenvalue weighted by Crippen LogP contribution is -2.28. The molecule has 4 nitrogen and oxygen atoms in total. The summed E-state index contributed by atoms with van der Waals surface area (Å²) in [7, 11) is 0. The lowest BCUT2D eigenvalue weighted by atomic mass is 10.1. The van der Waals surface area contributed by atoms with Gasteiger partial charge in [0.1, 0.15) is 6.04 Å². The molecule has 3 N–H and O–H groups in total. The zero-order valence-electron chi connectivity index (χ0n) is 14.9. The molecule has 1 aliphatic rings. The fraction of sp³-hybridized carbons (Fsp3) is 0.381. The number of benzene rings is 2. The molecule has 1 heterocycles. The molecule has 4 heteroatoms. The number of amides is 1. The minimum absolute atomic E-state index is 0.183. The van der Waals surface area contributed by atoms with E-state index in [2.05, 4.69) is 16.3 Å². The molecule has 2 aromatic carbocycles. The normalized spacial score (nSPS) is 16.2. The van der Waals surface area contributed by atoms with E-state index in [1.165, 1.54) is 31.4 Å². The summed E-state index contributed by atoms with van der Waals surface area (Å²) in [5, 5.41) is 2.96. The summed E-state index contributed by atoms with van der Waals surface area (Å²) in [5.41, 5.74) is 10.1. The first kappa shape index (κ1) is 17.5. The van der Waals surface area contributed by atoms with Gasteiger partial charge in [0.05, 0.1) is 0 Å². The van der Waals surface area contributed by atoms with Crippen LogP contribution in [0.1, 0.15) is 42.9 Å². The number of carbonyl (C=O) groups excluding carboxylic acids is 1. The molecule has 2 aromatic rings. The fourth-order valence-electron chi connectivity index (χ4n) is 3.25. The number of hydrogen-bond donors (Lipinski definition) is 2. The first-order valence-corrected chi connectivity index (χ1v) is 9.11. The van der Waals surface area contributed by atoms with Gasteiger partial charge < -0.3 is 16.0 Å². The molecule has 132 valence electrons. The van der Waals surface area contributed by atoms with Gasteiger partial charge in [-0.3, -0.25) is 4.79 Å². The van der Waals surface area contributed by atoms with Gasteiger partial charge in [-0.2, -0.15) is 0 Å². The Bertz CT molecular complexity index is 703. The Kier molecular flexibility index (Phi) is 5.71. The second kappa shape index (κ2) is 8.17. The highest BCUT2D eigenvalue weighted by molar-refractivity contribution is 5.95. The molecule has 25 heavy (non-hydrogen) atoms. The van der Waals surface area contributed by atoms with Crippen molar-refractivity contribution in [2.75, 3.05) is 23.3 Å². The maximum absolute atomic E-state index is 12.5. The number of nitrogens with two attached hydrogens (primary N) is 1. The standard InChI is InChI=1S/C21H27N3O/c1-16-9-11-17(12-10-16)20(22)21(25)23-18-7-6-8-19(15-18)24-13-4-2-3-5-14-24/h6-12,15,20H,2-5,13-14,22H2,1H3,(H,23,25). The van der Waals surface area contributed by atoms with Crippen LogP contribution in [0, 0.1) is 6.92 Å². The van der Waals surface area contributed by atoms with Crippen molar-refractivity contribution < 1.29 is 4.79 Å². The third kappa shape index (κ3) is 4.60. The number of anilines is 2. The molecule has 1 saturated heterocycles. The maximum atomic E-state index is 12.5. The second-order valence-corrected chi connectivity index (χ2v) is 6.83. The number of nitrogens with zero attached hydrogens (tertiary/aromatic N) is 1. The summed E-state index contributed by atoms with van der Waals surface area (Å²) in [6, 6.07) is 15.2. The Morgan fingerprint density at radius 3 is 2.40 bits per heavy atom. The van der Waals surface area contributed by atoms with Gasteiger partial charge >= 0.3 is 0 Å². The maximum Gasteiger partial charge on any atom is 0.245 e. The highest BCUT2D eigenvalue weighted by Gasteiger charge is 2.16. The highest BCUT2D eigenvalue weighted by Crippen LogP contribution is 2.23. The van der Waals surface area contributed by atoms with Crippen molar-refractivity contribution in [2.45, 2.75) is 38.6 Å². The number of aryl methyl sites for hydroxylation is 1. The minimum Gasteiger partial charge on any atom is -0.371 e. The van der Waals surface area contributed by atoms with Crippen molar-refractivity contribution >= 4 is 17.3 Å². The quantitative estimate of drug-likeness (QED) is 0.886. The van der Waals surface area contributed by atoms with Crippen LogP contribution < -0.4 is 16.0 Å². The number of hydrogen-bond acceptors (Lipinski definition) is 3. The van der Waals surface area contributed by atoms with Crippen LogP contribution in [0.2, 0.25) is 0 Å². The van der Waals surface area contributed by atoms with E-state index in [9.17, 15) is 4.79 Å². The topological polar surface area (TPSA) is 58.4 Å². The van der Waals surface area contributed by atoms with E-state index < -0.39 is 6.04 Å². The van der Waals surface area contributed by atoms with E-state index in [1.54, 1.807) is 0 Å². The smallest absolute Gasteiger partial charge is 0.245 e. The van der Waals surface area contributed by atoms with Crippen LogP contribution in [0.5, 0.6) is 0 Å². The van der Waals surface area contributed by atoms with E-state index in [4.69, 9.17) is 5.73 Å². The number of carbonyl (C=O) groups is 1. The molecule has 0 bridgehead atoms. The molecule has 0 spiro atoms. The van der Waals surface area contributed by atoms with Crippen LogP contribution in [-0.2, 0) is 4.79 Å². The molecular weight excluding hydrogens is 310 g/mol. The molecule has 3 rings (SSSR count). The van der Waals surface area contributed by atoms with Gasteiger partial charge in [-0.1, -0.05) is 48.7 Å². The van der Waals surface area contributed by atoms with Gasteiger partial charge in [0.25, 0.3) is 0 Å². The molecule has 1 amide bonds. The largest absolute Gasteiger partial charge is 0.371 e. The predicted molar refractivity (Wildman–Crippen MR) is 104 cm³/mol. The fourth-order valence-corrected chi connectivity index (χ4v) is 3.25. The Morgan fingerprint density at radius 2 is 1.72 bits per heavy atom.